The lowest BCUT2D eigenvalue weighted by molar-refractivity contribution is 1.53. The standard InChI is InChI=1S/C19H15BN2/c1-5-8-16-14(6-2)13(4)19-15(7-3)18(10-9-17(16)19)20(11-21)12-22/h5-10H,1,3-4H2,2H3/b14-6-,16-8+. The van der Waals surface area contributed by atoms with Gasteiger partial charge in [-0.05, 0) is 45.8 Å². The Kier molecular flexibility index (Phi) is 4.30. The van der Waals surface area contributed by atoms with Crippen LogP contribution in [0.4, 0.5) is 0 Å². The molecule has 0 aliphatic heterocycles. The van der Waals surface area contributed by atoms with Gasteiger partial charge in [-0.1, -0.05) is 56.2 Å². The molecular weight excluding hydrogens is 267 g/mol. The van der Waals surface area contributed by atoms with Gasteiger partial charge >= 0.3 is 6.71 Å². The molecule has 0 spiro atoms. The molecule has 0 amide bonds. The highest BCUT2D eigenvalue weighted by atomic mass is 14.3. The van der Waals surface area contributed by atoms with Crippen molar-refractivity contribution in [1.29, 1.82) is 10.5 Å². The predicted molar refractivity (Wildman–Crippen MR) is 94.1 cm³/mol. The average Bonchev–Trinajstić information content (AvgIpc) is 2.81. The van der Waals surface area contributed by atoms with Gasteiger partial charge in [0.25, 0.3) is 0 Å². The molecule has 22 heavy (non-hydrogen) atoms. The topological polar surface area (TPSA) is 47.6 Å². The van der Waals surface area contributed by atoms with Crippen molar-refractivity contribution in [2.45, 2.75) is 6.92 Å². The van der Waals surface area contributed by atoms with Crippen LogP contribution in [0.3, 0.4) is 0 Å². The molecule has 0 fully saturated rings. The SMILES string of the molecule is C=C/C=C1\C(=C/C)C(=C)c2c1ccc(B(C#N)C#N)c2C=C. The van der Waals surface area contributed by atoms with Crippen LogP contribution in [0.5, 0.6) is 0 Å². The fourth-order valence-corrected chi connectivity index (χ4v) is 2.89. The zero-order chi connectivity index (χ0) is 16.3. The molecule has 2 nitrogen and oxygen atoms in total. The van der Waals surface area contributed by atoms with E-state index in [1.54, 1.807) is 12.2 Å². The lowest BCUT2D eigenvalue weighted by atomic mass is 9.46. The summed E-state index contributed by atoms with van der Waals surface area (Å²) in [6, 6.07) is 3.77. The molecule has 0 unspecified atom stereocenters. The third-order valence-electron chi connectivity index (χ3n) is 3.83. The Morgan fingerprint density at radius 1 is 1.14 bits per heavy atom. The van der Waals surface area contributed by atoms with Gasteiger partial charge in [-0.15, -0.1) is 0 Å². The molecule has 0 N–H and O–H groups in total. The minimum absolute atomic E-state index is 0.676. The van der Waals surface area contributed by atoms with Crippen molar-refractivity contribution < 1.29 is 0 Å². The number of hydrogen-bond donors (Lipinski definition) is 0. The van der Waals surface area contributed by atoms with E-state index in [0.29, 0.717) is 5.46 Å². The van der Waals surface area contributed by atoms with Gasteiger partial charge in [0.2, 0.25) is 0 Å². The number of fused-ring (bicyclic) bond motifs is 1. The Morgan fingerprint density at radius 2 is 1.82 bits per heavy atom. The summed E-state index contributed by atoms with van der Waals surface area (Å²) in [7, 11) is 0. The van der Waals surface area contributed by atoms with Crippen molar-refractivity contribution in [3.63, 3.8) is 0 Å². The van der Waals surface area contributed by atoms with Gasteiger partial charge in [-0.25, -0.2) is 10.5 Å². The molecule has 0 aromatic heterocycles. The second kappa shape index (κ2) is 6.16. The zero-order valence-corrected chi connectivity index (χ0v) is 12.6. The second-order valence-corrected chi connectivity index (χ2v) is 4.88. The van der Waals surface area contributed by atoms with Gasteiger partial charge in [-0.3, -0.25) is 0 Å². The van der Waals surface area contributed by atoms with Crippen LogP contribution in [0.25, 0.3) is 17.2 Å². The third kappa shape index (κ3) is 2.14. The predicted octanol–water partition coefficient (Wildman–Crippen LogP) is 3.70. The van der Waals surface area contributed by atoms with Crippen molar-refractivity contribution in [3.8, 4) is 11.9 Å². The highest BCUT2D eigenvalue weighted by Gasteiger charge is 2.30. The molecule has 0 heterocycles. The third-order valence-corrected chi connectivity index (χ3v) is 3.83. The van der Waals surface area contributed by atoms with E-state index in [2.05, 4.69) is 19.7 Å². The van der Waals surface area contributed by atoms with E-state index in [1.165, 1.54) is 0 Å². The van der Waals surface area contributed by atoms with Crippen LogP contribution in [-0.4, -0.2) is 6.71 Å². The fourth-order valence-electron chi connectivity index (χ4n) is 2.89. The maximum atomic E-state index is 9.18. The minimum Gasteiger partial charge on any atom is -0.210 e. The molecule has 0 radical (unpaired) electrons. The molecule has 1 aliphatic rings. The first-order valence-corrected chi connectivity index (χ1v) is 6.92. The molecule has 104 valence electrons. The minimum atomic E-state index is -0.812. The van der Waals surface area contributed by atoms with E-state index in [-0.39, 0.29) is 0 Å². The number of rotatable bonds is 3. The van der Waals surface area contributed by atoms with Crippen molar-refractivity contribution in [2.24, 2.45) is 0 Å². The van der Waals surface area contributed by atoms with Gasteiger partial charge in [0, 0.05) is 11.9 Å². The Labute approximate surface area is 131 Å². The zero-order valence-electron chi connectivity index (χ0n) is 12.6. The lowest BCUT2D eigenvalue weighted by Crippen LogP contribution is -2.30. The molecule has 0 bridgehead atoms. The molecule has 1 aromatic carbocycles. The number of nitriles is 2. The van der Waals surface area contributed by atoms with Crippen LogP contribution in [0.15, 0.2) is 55.7 Å². The van der Waals surface area contributed by atoms with Crippen molar-refractivity contribution in [3.05, 3.63) is 72.4 Å². The fraction of sp³-hybridized carbons (Fsp3) is 0.0526. The van der Waals surface area contributed by atoms with Gasteiger partial charge in [0.1, 0.15) is 0 Å². The van der Waals surface area contributed by atoms with Gasteiger partial charge in [0.05, 0.1) is 0 Å². The van der Waals surface area contributed by atoms with E-state index >= 15 is 0 Å². The van der Waals surface area contributed by atoms with Crippen molar-refractivity contribution in [1.82, 2.24) is 0 Å². The maximum Gasteiger partial charge on any atom is 0.418 e. The molecule has 1 aromatic rings. The largest absolute Gasteiger partial charge is 0.418 e. The Balaban J connectivity index is 2.85. The maximum absolute atomic E-state index is 9.18. The Morgan fingerprint density at radius 3 is 2.32 bits per heavy atom. The van der Waals surface area contributed by atoms with Crippen LogP contribution in [0.2, 0.25) is 0 Å². The molecule has 1 aliphatic carbocycles. The van der Waals surface area contributed by atoms with Crippen LogP contribution in [0, 0.1) is 22.5 Å². The van der Waals surface area contributed by atoms with Crippen LogP contribution >= 0.6 is 0 Å². The quantitative estimate of drug-likeness (QED) is 0.793. The number of nitrogens with zero attached hydrogens (tertiary/aromatic N) is 2. The lowest BCUT2D eigenvalue weighted by Gasteiger charge is -2.11. The summed E-state index contributed by atoms with van der Waals surface area (Å²) in [6.07, 6.45) is 7.41. The molecular formula is C19H15BN2. The monoisotopic (exact) mass is 282 g/mol. The average molecular weight is 282 g/mol. The van der Waals surface area contributed by atoms with E-state index in [0.717, 1.165) is 33.4 Å². The molecule has 0 saturated carbocycles. The molecule has 0 saturated heterocycles. The van der Waals surface area contributed by atoms with Gasteiger partial charge in [-0.2, -0.15) is 0 Å². The summed E-state index contributed by atoms with van der Waals surface area (Å²) < 4.78 is 0. The molecule has 3 heteroatoms. The highest BCUT2D eigenvalue weighted by molar-refractivity contribution is 6.87. The Bertz CT molecular complexity index is 812. The van der Waals surface area contributed by atoms with Crippen molar-refractivity contribution in [2.75, 3.05) is 0 Å². The van der Waals surface area contributed by atoms with Crippen molar-refractivity contribution >= 4 is 29.4 Å². The summed E-state index contributed by atoms with van der Waals surface area (Å²) in [4.78, 5) is 0. The number of allylic oxidation sites excluding steroid dienone is 6. The van der Waals surface area contributed by atoms with Crippen LogP contribution in [0.1, 0.15) is 23.6 Å². The summed E-state index contributed by atoms with van der Waals surface area (Å²) in [5.74, 6) is 4.05. The first kappa shape index (κ1) is 15.4. The first-order valence-electron chi connectivity index (χ1n) is 6.92. The summed E-state index contributed by atoms with van der Waals surface area (Å²) in [5, 5.41) is 18.4. The first-order chi connectivity index (χ1) is 10.6. The Hall–Kier alpha value is -3.04. The smallest absolute Gasteiger partial charge is 0.210 e. The number of benzene rings is 1. The molecule has 2 rings (SSSR count). The van der Waals surface area contributed by atoms with E-state index in [1.807, 2.05) is 43.1 Å². The van der Waals surface area contributed by atoms with Gasteiger partial charge < -0.3 is 0 Å². The second-order valence-electron chi connectivity index (χ2n) is 4.88. The summed E-state index contributed by atoms with van der Waals surface area (Å²) >= 11 is 0. The van der Waals surface area contributed by atoms with E-state index < -0.39 is 6.71 Å². The summed E-state index contributed by atoms with van der Waals surface area (Å²) in [5.41, 5.74) is 6.45. The highest BCUT2D eigenvalue weighted by Crippen LogP contribution is 2.45. The number of hydrogen-bond acceptors (Lipinski definition) is 2. The van der Waals surface area contributed by atoms with Crippen LogP contribution < -0.4 is 5.46 Å². The van der Waals surface area contributed by atoms with Gasteiger partial charge in [0.15, 0.2) is 0 Å². The molecule has 0 atom stereocenters. The van der Waals surface area contributed by atoms with E-state index in [9.17, 15) is 10.5 Å². The van der Waals surface area contributed by atoms with E-state index in [4.69, 9.17) is 0 Å². The normalized spacial score (nSPS) is 16.0. The van der Waals surface area contributed by atoms with Crippen LogP contribution in [-0.2, 0) is 0 Å². The summed E-state index contributed by atoms with van der Waals surface area (Å²) in [6.45, 7) is 13.0.